The van der Waals surface area contributed by atoms with E-state index in [1.807, 2.05) is 0 Å². The maximum absolute atomic E-state index is 12.5. The Morgan fingerprint density at radius 3 is 2.70 bits per heavy atom. The molecule has 1 aliphatic carbocycles. The van der Waals surface area contributed by atoms with Gasteiger partial charge in [0.2, 0.25) is 0 Å². The van der Waals surface area contributed by atoms with Crippen LogP contribution >= 0.6 is 0 Å². The Morgan fingerprint density at radius 2 is 2.00 bits per heavy atom. The van der Waals surface area contributed by atoms with E-state index in [0.717, 1.165) is 18.7 Å². The second-order valence-electron chi connectivity index (χ2n) is 6.65. The second-order valence-corrected chi connectivity index (χ2v) is 6.65. The normalized spacial score (nSPS) is 13.6. The highest BCUT2D eigenvalue weighted by atomic mass is 16.5. The predicted octanol–water partition coefficient (Wildman–Crippen LogP) is 4.35. The highest BCUT2D eigenvalue weighted by Crippen LogP contribution is 2.20. The summed E-state index contributed by atoms with van der Waals surface area (Å²) in [6.45, 7) is 2.60. The van der Waals surface area contributed by atoms with Crippen molar-refractivity contribution in [2.45, 2.75) is 39.0 Å². The van der Waals surface area contributed by atoms with Gasteiger partial charge >= 0.3 is 0 Å². The van der Waals surface area contributed by atoms with Gasteiger partial charge in [-0.15, -0.1) is 0 Å². The molecule has 2 N–H and O–H groups in total. The van der Waals surface area contributed by atoms with E-state index in [1.54, 1.807) is 44.4 Å². The van der Waals surface area contributed by atoms with Crippen LogP contribution in [0.2, 0.25) is 0 Å². The summed E-state index contributed by atoms with van der Waals surface area (Å²) in [5.41, 5.74) is 2.55. The maximum atomic E-state index is 12.5. The maximum Gasteiger partial charge on any atom is 0.274 e. The van der Waals surface area contributed by atoms with Gasteiger partial charge in [-0.05, 0) is 63.3 Å². The number of nitrogens with one attached hydrogen (secondary N) is 2. The van der Waals surface area contributed by atoms with Crippen LogP contribution < -0.4 is 15.4 Å². The van der Waals surface area contributed by atoms with Gasteiger partial charge in [-0.2, -0.15) is 0 Å². The molecule has 6 nitrogen and oxygen atoms in total. The number of hydrogen-bond donors (Lipinski definition) is 2. The molecule has 142 valence electrons. The van der Waals surface area contributed by atoms with Crippen molar-refractivity contribution in [1.29, 1.82) is 0 Å². The Bertz CT molecular complexity index is 815. The van der Waals surface area contributed by atoms with Crippen LogP contribution in [0.4, 0.5) is 11.5 Å². The van der Waals surface area contributed by atoms with Crippen molar-refractivity contribution in [2.75, 3.05) is 24.3 Å². The van der Waals surface area contributed by atoms with Gasteiger partial charge in [-0.25, -0.2) is 9.97 Å². The zero-order valence-electron chi connectivity index (χ0n) is 15.9. The van der Waals surface area contributed by atoms with Crippen molar-refractivity contribution in [3.8, 4) is 5.75 Å². The average molecular weight is 366 g/mol. The molecular weight excluding hydrogens is 340 g/mol. The molecule has 1 heterocycles. The third-order valence-electron chi connectivity index (χ3n) is 4.56. The van der Waals surface area contributed by atoms with E-state index in [9.17, 15) is 4.79 Å². The number of methoxy groups -OCH3 is 1. The Balaban J connectivity index is 1.61. The molecule has 0 saturated carbocycles. The smallest absolute Gasteiger partial charge is 0.274 e. The summed E-state index contributed by atoms with van der Waals surface area (Å²) in [5.74, 6) is 1.73. The van der Waals surface area contributed by atoms with Crippen LogP contribution in [0.1, 0.15) is 48.4 Å². The lowest BCUT2D eigenvalue weighted by Crippen LogP contribution is -2.16. The van der Waals surface area contributed by atoms with Crippen LogP contribution in [-0.4, -0.2) is 29.5 Å². The SMILES string of the molecule is COc1ccc(NC(=O)c2cc(NCCC3=CCCCC3)nc(C)n2)cc1. The number of amides is 1. The van der Waals surface area contributed by atoms with Crippen LogP contribution in [0.5, 0.6) is 5.75 Å². The Labute approximate surface area is 160 Å². The van der Waals surface area contributed by atoms with Crippen molar-refractivity contribution in [3.63, 3.8) is 0 Å². The number of ether oxygens (including phenoxy) is 1. The second kappa shape index (κ2) is 9.16. The number of hydrogen-bond acceptors (Lipinski definition) is 5. The molecule has 1 aromatic carbocycles. The molecule has 0 spiro atoms. The van der Waals surface area contributed by atoms with E-state index in [1.165, 1.54) is 31.3 Å². The van der Waals surface area contributed by atoms with Gasteiger partial charge in [0.05, 0.1) is 7.11 Å². The molecule has 0 radical (unpaired) electrons. The average Bonchev–Trinajstić information content (AvgIpc) is 2.69. The fourth-order valence-corrected chi connectivity index (χ4v) is 3.13. The number of rotatable bonds is 7. The summed E-state index contributed by atoms with van der Waals surface area (Å²) in [6, 6.07) is 8.88. The number of nitrogens with zero attached hydrogens (tertiary/aromatic N) is 2. The van der Waals surface area contributed by atoms with Crippen LogP contribution in [0.25, 0.3) is 0 Å². The van der Waals surface area contributed by atoms with Gasteiger partial charge in [0.15, 0.2) is 0 Å². The predicted molar refractivity (Wildman–Crippen MR) is 107 cm³/mol. The first-order valence-electron chi connectivity index (χ1n) is 9.37. The molecule has 1 amide bonds. The minimum Gasteiger partial charge on any atom is -0.497 e. The van der Waals surface area contributed by atoms with Gasteiger partial charge in [0.1, 0.15) is 23.1 Å². The Kier molecular flexibility index (Phi) is 6.41. The lowest BCUT2D eigenvalue weighted by atomic mass is 9.97. The van der Waals surface area contributed by atoms with Crippen LogP contribution in [0.3, 0.4) is 0 Å². The van der Waals surface area contributed by atoms with E-state index in [0.29, 0.717) is 23.0 Å². The monoisotopic (exact) mass is 366 g/mol. The van der Waals surface area contributed by atoms with Crippen LogP contribution in [0.15, 0.2) is 42.0 Å². The summed E-state index contributed by atoms with van der Waals surface area (Å²) in [6.07, 6.45) is 8.33. The molecule has 0 unspecified atom stereocenters. The molecule has 3 rings (SSSR count). The minimum absolute atomic E-state index is 0.260. The highest BCUT2D eigenvalue weighted by molar-refractivity contribution is 6.03. The number of allylic oxidation sites excluding steroid dienone is 1. The third kappa shape index (κ3) is 5.54. The molecule has 6 heteroatoms. The lowest BCUT2D eigenvalue weighted by Gasteiger charge is -2.13. The summed E-state index contributed by atoms with van der Waals surface area (Å²) in [4.78, 5) is 21.2. The first-order chi connectivity index (χ1) is 13.1. The first-order valence-corrected chi connectivity index (χ1v) is 9.37. The summed E-state index contributed by atoms with van der Waals surface area (Å²) in [7, 11) is 1.61. The van der Waals surface area contributed by atoms with Gasteiger partial charge < -0.3 is 15.4 Å². The van der Waals surface area contributed by atoms with E-state index in [4.69, 9.17) is 4.74 Å². The highest BCUT2D eigenvalue weighted by Gasteiger charge is 2.11. The van der Waals surface area contributed by atoms with Gasteiger partial charge in [0.25, 0.3) is 5.91 Å². The minimum atomic E-state index is -0.260. The molecular formula is C21H26N4O2. The molecule has 0 saturated heterocycles. The summed E-state index contributed by atoms with van der Waals surface area (Å²) >= 11 is 0. The molecule has 0 fully saturated rings. The number of aryl methyl sites for hydroxylation is 1. The molecule has 0 atom stereocenters. The van der Waals surface area contributed by atoms with E-state index in [-0.39, 0.29) is 5.91 Å². The third-order valence-corrected chi connectivity index (χ3v) is 4.56. The number of benzene rings is 1. The van der Waals surface area contributed by atoms with Crippen molar-refractivity contribution in [2.24, 2.45) is 0 Å². The number of aromatic nitrogens is 2. The molecule has 27 heavy (non-hydrogen) atoms. The van der Waals surface area contributed by atoms with Gasteiger partial charge in [0, 0.05) is 18.3 Å². The quantitative estimate of drug-likeness (QED) is 0.713. The summed E-state index contributed by atoms with van der Waals surface area (Å²) in [5, 5.41) is 6.17. The molecule has 2 aromatic rings. The zero-order valence-corrected chi connectivity index (χ0v) is 15.9. The van der Waals surface area contributed by atoms with Gasteiger partial charge in [-0.1, -0.05) is 11.6 Å². The lowest BCUT2D eigenvalue weighted by molar-refractivity contribution is 0.102. The fourth-order valence-electron chi connectivity index (χ4n) is 3.13. The van der Waals surface area contributed by atoms with Crippen LogP contribution in [0, 0.1) is 6.92 Å². The number of carbonyl (C=O) groups is 1. The van der Waals surface area contributed by atoms with Gasteiger partial charge in [-0.3, -0.25) is 4.79 Å². The standard InChI is InChI=1S/C21H26N4O2/c1-15-23-19(21(26)25-17-8-10-18(27-2)11-9-17)14-20(24-15)22-13-12-16-6-4-3-5-7-16/h6,8-11,14H,3-5,7,12-13H2,1-2H3,(H,25,26)(H,22,23,24). The molecule has 0 bridgehead atoms. The topological polar surface area (TPSA) is 76.1 Å². The van der Waals surface area contributed by atoms with Crippen molar-refractivity contribution in [3.05, 3.63) is 53.5 Å². The number of anilines is 2. The van der Waals surface area contributed by atoms with E-state index in [2.05, 4.69) is 26.7 Å². The van der Waals surface area contributed by atoms with Crippen LogP contribution in [-0.2, 0) is 0 Å². The van der Waals surface area contributed by atoms with Crippen molar-refractivity contribution >= 4 is 17.4 Å². The zero-order chi connectivity index (χ0) is 19.1. The largest absolute Gasteiger partial charge is 0.497 e. The number of carbonyl (C=O) groups excluding carboxylic acids is 1. The Hall–Kier alpha value is -2.89. The molecule has 0 aliphatic heterocycles. The van der Waals surface area contributed by atoms with E-state index < -0.39 is 0 Å². The van der Waals surface area contributed by atoms with E-state index >= 15 is 0 Å². The Morgan fingerprint density at radius 1 is 1.19 bits per heavy atom. The molecule has 1 aromatic heterocycles. The molecule has 1 aliphatic rings. The van der Waals surface area contributed by atoms with Crippen molar-refractivity contribution < 1.29 is 9.53 Å². The fraction of sp³-hybridized carbons (Fsp3) is 0.381. The summed E-state index contributed by atoms with van der Waals surface area (Å²) < 4.78 is 5.13. The first kappa shape index (κ1) is 18.9. The van der Waals surface area contributed by atoms with Crippen molar-refractivity contribution in [1.82, 2.24) is 9.97 Å².